The minimum absolute atomic E-state index is 0.160. The Kier molecular flexibility index (Phi) is 5.89. The summed E-state index contributed by atoms with van der Waals surface area (Å²) in [7, 11) is 0. The molecule has 160 valence electrons. The van der Waals surface area contributed by atoms with Crippen molar-refractivity contribution in [2.45, 2.75) is 6.92 Å². The van der Waals surface area contributed by atoms with Crippen molar-refractivity contribution in [2.24, 2.45) is 0 Å². The summed E-state index contributed by atoms with van der Waals surface area (Å²) in [6, 6.07) is 12.3. The highest BCUT2D eigenvalue weighted by molar-refractivity contribution is 5.93. The maximum atomic E-state index is 12.5. The number of rotatable bonds is 5. The first-order valence-corrected chi connectivity index (χ1v) is 9.64. The first-order chi connectivity index (χ1) is 15.5. The summed E-state index contributed by atoms with van der Waals surface area (Å²) in [5.41, 5.74) is 1.04. The van der Waals surface area contributed by atoms with Crippen LogP contribution in [0.15, 0.2) is 76.3 Å². The van der Waals surface area contributed by atoms with Gasteiger partial charge in [-0.1, -0.05) is 0 Å². The Hall–Kier alpha value is -4.53. The molecule has 0 fully saturated rings. The SMILES string of the molecule is CCOC(=O)Nc1cc(OC(=O)c2cccnc2)ccc1-c1cc(=O)c2ncccc2o1. The van der Waals surface area contributed by atoms with E-state index in [-0.39, 0.29) is 40.3 Å². The lowest BCUT2D eigenvalue weighted by atomic mass is 10.1. The molecule has 1 N–H and O–H groups in total. The maximum absolute atomic E-state index is 12.5. The fraction of sp³-hybridized carbons (Fsp3) is 0.0870. The van der Waals surface area contributed by atoms with Gasteiger partial charge in [0, 0.05) is 36.3 Å². The highest BCUT2D eigenvalue weighted by Crippen LogP contribution is 2.32. The van der Waals surface area contributed by atoms with Crippen LogP contribution in [0.2, 0.25) is 0 Å². The zero-order valence-electron chi connectivity index (χ0n) is 16.9. The van der Waals surface area contributed by atoms with Crippen molar-refractivity contribution in [3.63, 3.8) is 0 Å². The summed E-state index contributed by atoms with van der Waals surface area (Å²) in [5.74, 6) is -0.247. The Bertz CT molecular complexity index is 1350. The lowest BCUT2D eigenvalue weighted by Gasteiger charge is -2.13. The van der Waals surface area contributed by atoms with E-state index in [2.05, 4.69) is 15.3 Å². The summed E-state index contributed by atoms with van der Waals surface area (Å²) in [6.45, 7) is 1.83. The number of amides is 1. The smallest absolute Gasteiger partial charge is 0.411 e. The van der Waals surface area contributed by atoms with Crippen LogP contribution in [0.25, 0.3) is 22.4 Å². The molecule has 0 unspecified atom stereocenters. The largest absolute Gasteiger partial charge is 0.454 e. The molecule has 0 aliphatic rings. The van der Waals surface area contributed by atoms with Crippen LogP contribution in [0.4, 0.5) is 10.5 Å². The van der Waals surface area contributed by atoms with Gasteiger partial charge in [-0.3, -0.25) is 15.1 Å². The molecule has 0 aliphatic heterocycles. The van der Waals surface area contributed by atoms with Crippen molar-refractivity contribution in [2.75, 3.05) is 11.9 Å². The van der Waals surface area contributed by atoms with Crippen LogP contribution in [0.5, 0.6) is 5.75 Å². The third-order valence-corrected chi connectivity index (χ3v) is 4.36. The first-order valence-electron chi connectivity index (χ1n) is 9.64. The highest BCUT2D eigenvalue weighted by Gasteiger charge is 2.17. The average molecular weight is 431 g/mol. The molecule has 1 amide bonds. The summed E-state index contributed by atoms with van der Waals surface area (Å²) in [6.07, 6.45) is 3.71. The van der Waals surface area contributed by atoms with Crippen molar-refractivity contribution < 1.29 is 23.5 Å². The van der Waals surface area contributed by atoms with Crippen LogP contribution in [-0.4, -0.2) is 28.6 Å². The van der Waals surface area contributed by atoms with Crippen molar-refractivity contribution in [3.05, 3.63) is 82.9 Å². The number of ether oxygens (including phenoxy) is 2. The number of carbonyl (C=O) groups excluding carboxylic acids is 2. The van der Waals surface area contributed by atoms with E-state index in [0.29, 0.717) is 11.1 Å². The predicted octanol–water partition coefficient (Wildman–Crippen LogP) is 4.04. The van der Waals surface area contributed by atoms with Crippen molar-refractivity contribution in [3.8, 4) is 17.1 Å². The minimum atomic E-state index is -0.714. The molecule has 0 bridgehead atoms. The zero-order chi connectivity index (χ0) is 22.5. The van der Waals surface area contributed by atoms with E-state index in [1.165, 1.54) is 30.6 Å². The van der Waals surface area contributed by atoms with Gasteiger partial charge in [0.1, 0.15) is 11.5 Å². The Balaban J connectivity index is 1.74. The Labute approximate surface area is 181 Å². The number of anilines is 1. The summed E-state index contributed by atoms with van der Waals surface area (Å²) < 4.78 is 16.2. The van der Waals surface area contributed by atoms with E-state index >= 15 is 0 Å². The van der Waals surface area contributed by atoms with E-state index in [1.807, 2.05) is 0 Å². The van der Waals surface area contributed by atoms with E-state index in [0.717, 1.165) is 0 Å². The number of benzene rings is 1. The van der Waals surface area contributed by atoms with Crippen LogP contribution >= 0.6 is 0 Å². The molecule has 4 rings (SSSR count). The second-order valence-corrected chi connectivity index (χ2v) is 6.51. The van der Waals surface area contributed by atoms with Gasteiger partial charge in [0.05, 0.1) is 17.9 Å². The number of nitrogens with zero attached hydrogens (tertiary/aromatic N) is 2. The molecule has 0 radical (unpaired) electrons. The van der Waals surface area contributed by atoms with Crippen molar-refractivity contribution in [1.29, 1.82) is 0 Å². The van der Waals surface area contributed by atoms with Crippen molar-refractivity contribution in [1.82, 2.24) is 9.97 Å². The van der Waals surface area contributed by atoms with E-state index in [9.17, 15) is 14.4 Å². The molecule has 0 atom stereocenters. The second kappa shape index (κ2) is 9.09. The van der Waals surface area contributed by atoms with Crippen LogP contribution in [0.3, 0.4) is 0 Å². The molecular formula is C23H17N3O6. The molecule has 9 nitrogen and oxygen atoms in total. The molecule has 9 heteroatoms. The molecule has 0 saturated carbocycles. The van der Waals surface area contributed by atoms with E-state index < -0.39 is 12.1 Å². The Morgan fingerprint density at radius 1 is 1.09 bits per heavy atom. The van der Waals surface area contributed by atoms with Crippen LogP contribution < -0.4 is 15.5 Å². The first kappa shape index (κ1) is 20.7. The quantitative estimate of drug-likeness (QED) is 0.371. The number of hydrogen-bond donors (Lipinski definition) is 1. The summed E-state index contributed by atoms with van der Waals surface area (Å²) in [5, 5.41) is 2.59. The van der Waals surface area contributed by atoms with E-state index in [1.54, 1.807) is 43.5 Å². The Morgan fingerprint density at radius 3 is 2.72 bits per heavy atom. The van der Waals surface area contributed by atoms with Gasteiger partial charge < -0.3 is 13.9 Å². The third-order valence-electron chi connectivity index (χ3n) is 4.36. The molecular weight excluding hydrogens is 414 g/mol. The van der Waals surface area contributed by atoms with Crippen LogP contribution in [-0.2, 0) is 4.74 Å². The van der Waals surface area contributed by atoms with Gasteiger partial charge in [-0.05, 0) is 43.3 Å². The number of fused-ring (bicyclic) bond motifs is 1. The monoisotopic (exact) mass is 431 g/mol. The highest BCUT2D eigenvalue weighted by atomic mass is 16.5. The van der Waals surface area contributed by atoms with Gasteiger partial charge in [0.25, 0.3) is 0 Å². The van der Waals surface area contributed by atoms with Crippen LogP contribution in [0.1, 0.15) is 17.3 Å². The molecule has 1 aromatic carbocycles. The van der Waals surface area contributed by atoms with E-state index in [4.69, 9.17) is 13.9 Å². The van der Waals surface area contributed by atoms with Crippen molar-refractivity contribution >= 4 is 28.8 Å². The fourth-order valence-electron chi connectivity index (χ4n) is 2.96. The minimum Gasteiger partial charge on any atom is -0.454 e. The number of pyridine rings is 2. The van der Waals surface area contributed by atoms with Gasteiger partial charge in [-0.2, -0.15) is 0 Å². The van der Waals surface area contributed by atoms with Gasteiger partial charge in [0.2, 0.25) is 5.43 Å². The maximum Gasteiger partial charge on any atom is 0.411 e. The number of nitrogens with one attached hydrogen (secondary N) is 1. The van der Waals surface area contributed by atoms with Gasteiger partial charge >= 0.3 is 12.1 Å². The normalized spacial score (nSPS) is 10.5. The molecule has 0 saturated heterocycles. The molecule has 32 heavy (non-hydrogen) atoms. The topological polar surface area (TPSA) is 121 Å². The summed E-state index contributed by atoms with van der Waals surface area (Å²) in [4.78, 5) is 44.8. The fourth-order valence-corrected chi connectivity index (χ4v) is 2.96. The number of esters is 1. The molecule has 3 heterocycles. The van der Waals surface area contributed by atoms with Gasteiger partial charge in [0.15, 0.2) is 11.1 Å². The standard InChI is InChI=1S/C23H17N3O6/c1-2-30-23(29)26-17-11-15(31-22(28)14-5-3-9-24-13-14)7-8-16(17)20-12-18(27)21-19(32-20)6-4-10-25-21/h3-13H,2H2,1H3,(H,26,29). The Morgan fingerprint density at radius 2 is 1.94 bits per heavy atom. The van der Waals surface area contributed by atoms with Gasteiger partial charge in [-0.15, -0.1) is 0 Å². The lowest BCUT2D eigenvalue weighted by molar-refractivity contribution is 0.0734. The molecule has 3 aromatic heterocycles. The predicted molar refractivity (Wildman–Crippen MR) is 116 cm³/mol. The number of aromatic nitrogens is 2. The number of carbonyl (C=O) groups is 2. The third kappa shape index (κ3) is 4.46. The second-order valence-electron chi connectivity index (χ2n) is 6.51. The van der Waals surface area contributed by atoms with Gasteiger partial charge in [-0.25, -0.2) is 14.6 Å². The lowest BCUT2D eigenvalue weighted by Crippen LogP contribution is -2.15. The molecule has 4 aromatic rings. The zero-order valence-corrected chi connectivity index (χ0v) is 16.9. The van der Waals surface area contributed by atoms with Crippen LogP contribution in [0, 0.1) is 0 Å². The molecule has 0 aliphatic carbocycles. The average Bonchev–Trinajstić information content (AvgIpc) is 2.80. The summed E-state index contributed by atoms with van der Waals surface area (Å²) >= 11 is 0. The number of hydrogen-bond acceptors (Lipinski definition) is 8. The molecule has 0 spiro atoms.